The Morgan fingerprint density at radius 2 is 1.72 bits per heavy atom. The van der Waals surface area contributed by atoms with Gasteiger partial charge in [0.25, 0.3) is 5.56 Å². The van der Waals surface area contributed by atoms with Crippen LogP contribution in [0.5, 0.6) is 0 Å². The first-order chi connectivity index (χ1) is 14.0. The third-order valence-electron chi connectivity index (χ3n) is 4.94. The van der Waals surface area contributed by atoms with Crippen LogP contribution < -0.4 is 10.9 Å². The number of nitrogens with zero attached hydrogens (tertiary/aromatic N) is 2. The molecule has 1 N–H and O–H groups in total. The highest BCUT2D eigenvalue weighted by Crippen LogP contribution is 2.24. The molecule has 0 aliphatic carbocycles. The van der Waals surface area contributed by atoms with Crippen LogP contribution >= 0.6 is 11.8 Å². The number of rotatable bonds is 5. The third-order valence-corrected chi connectivity index (χ3v) is 5.97. The van der Waals surface area contributed by atoms with Crippen LogP contribution in [0.4, 0.5) is 0 Å². The molecule has 1 heterocycles. The highest BCUT2D eigenvalue weighted by molar-refractivity contribution is 7.99. The quantitative estimate of drug-likeness (QED) is 0.403. The fraction of sp³-hybridized carbons (Fsp3) is 0.174. The summed E-state index contributed by atoms with van der Waals surface area (Å²) < 4.78 is 1.49. The molecule has 4 rings (SSSR count). The van der Waals surface area contributed by atoms with Crippen molar-refractivity contribution in [3.8, 4) is 0 Å². The molecule has 6 heteroatoms. The molecule has 3 aromatic carbocycles. The second-order valence-corrected chi connectivity index (χ2v) is 7.86. The van der Waals surface area contributed by atoms with E-state index in [0.717, 1.165) is 16.3 Å². The molecule has 1 aromatic heterocycles. The molecular formula is C23H21N3O2S. The van der Waals surface area contributed by atoms with Gasteiger partial charge >= 0.3 is 0 Å². The molecular weight excluding hydrogens is 382 g/mol. The van der Waals surface area contributed by atoms with Crippen LogP contribution in [0.3, 0.4) is 0 Å². The van der Waals surface area contributed by atoms with E-state index in [1.807, 2.05) is 49.4 Å². The predicted octanol–water partition coefficient (Wildman–Crippen LogP) is 4.06. The lowest BCUT2D eigenvalue weighted by molar-refractivity contribution is -0.119. The SMILES string of the molecule is CC(NC(=O)CSc1nc2ccccc2c(=O)n1C)c1cccc2ccccc12. The minimum Gasteiger partial charge on any atom is -0.349 e. The summed E-state index contributed by atoms with van der Waals surface area (Å²) in [5.74, 6) is 0.0890. The average molecular weight is 404 g/mol. The van der Waals surface area contributed by atoms with Gasteiger partial charge in [0, 0.05) is 7.05 Å². The summed E-state index contributed by atoms with van der Waals surface area (Å²) >= 11 is 1.26. The van der Waals surface area contributed by atoms with Gasteiger partial charge in [0.1, 0.15) is 0 Å². The topological polar surface area (TPSA) is 64.0 Å². The Morgan fingerprint density at radius 1 is 1.03 bits per heavy atom. The van der Waals surface area contributed by atoms with Crippen LogP contribution in [0.15, 0.2) is 76.7 Å². The summed E-state index contributed by atoms with van der Waals surface area (Å²) in [6, 6.07) is 21.4. The molecule has 4 aromatic rings. The van der Waals surface area contributed by atoms with E-state index in [-0.39, 0.29) is 23.3 Å². The Kier molecular flexibility index (Phi) is 5.36. The lowest BCUT2D eigenvalue weighted by Gasteiger charge is -2.17. The zero-order chi connectivity index (χ0) is 20.4. The monoisotopic (exact) mass is 403 g/mol. The predicted molar refractivity (Wildman–Crippen MR) is 118 cm³/mol. The Labute approximate surface area is 172 Å². The van der Waals surface area contributed by atoms with Crippen molar-refractivity contribution in [3.63, 3.8) is 0 Å². The summed E-state index contributed by atoms with van der Waals surface area (Å²) in [4.78, 5) is 29.6. The van der Waals surface area contributed by atoms with E-state index in [0.29, 0.717) is 16.1 Å². The second kappa shape index (κ2) is 8.09. The normalized spacial score (nSPS) is 12.2. The fourth-order valence-corrected chi connectivity index (χ4v) is 4.23. The lowest BCUT2D eigenvalue weighted by Crippen LogP contribution is -2.29. The number of carbonyl (C=O) groups is 1. The van der Waals surface area contributed by atoms with E-state index in [2.05, 4.69) is 28.5 Å². The first kappa shape index (κ1) is 19.2. The highest BCUT2D eigenvalue weighted by atomic mass is 32.2. The van der Waals surface area contributed by atoms with Gasteiger partial charge in [-0.2, -0.15) is 0 Å². The van der Waals surface area contributed by atoms with Crippen LogP contribution in [0, 0.1) is 0 Å². The number of nitrogens with one attached hydrogen (secondary N) is 1. The smallest absolute Gasteiger partial charge is 0.261 e. The van der Waals surface area contributed by atoms with Crippen LogP contribution in [0.25, 0.3) is 21.7 Å². The standard InChI is InChI=1S/C23H21N3O2S/c1-15(17-12-7-9-16-8-3-4-10-18(16)17)24-21(27)14-29-23-25-20-13-6-5-11-19(20)22(28)26(23)2/h3-13,15H,14H2,1-2H3,(H,24,27). The van der Waals surface area contributed by atoms with Gasteiger partial charge in [-0.3, -0.25) is 14.2 Å². The van der Waals surface area contributed by atoms with Crippen molar-refractivity contribution >= 4 is 39.3 Å². The number of aromatic nitrogens is 2. The van der Waals surface area contributed by atoms with Crippen molar-refractivity contribution < 1.29 is 4.79 Å². The molecule has 0 fully saturated rings. The van der Waals surface area contributed by atoms with E-state index < -0.39 is 0 Å². The molecule has 5 nitrogen and oxygen atoms in total. The van der Waals surface area contributed by atoms with Crippen molar-refractivity contribution in [1.29, 1.82) is 0 Å². The Morgan fingerprint density at radius 3 is 2.55 bits per heavy atom. The maximum absolute atomic E-state index is 12.5. The van der Waals surface area contributed by atoms with Gasteiger partial charge in [-0.25, -0.2) is 4.98 Å². The van der Waals surface area contributed by atoms with Gasteiger partial charge in [0.2, 0.25) is 5.91 Å². The molecule has 0 spiro atoms. The van der Waals surface area contributed by atoms with Gasteiger partial charge in [0.15, 0.2) is 5.16 Å². The minimum atomic E-state index is -0.123. The number of carbonyl (C=O) groups excluding carboxylic acids is 1. The van der Waals surface area contributed by atoms with Crippen LogP contribution in [0.2, 0.25) is 0 Å². The minimum absolute atomic E-state index is 0.0992. The van der Waals surface area contributed by atoms with Crippen LogP contribution in [0.1, 0.15) is 18.5 Å². The van der Waals surface area contributed by atoms with E-state index in [1.165, 1.54) is 16.3 Å². The van der Waals surface area contributed by atoms with Gasteiger partial charge < -0.3 is 5.32 Å². The van der Waals surface area contributed by atoms with E-state index >= 15 is 0 Å². The number of fused-ring (bicyclic) bond motifs is 2. The summed E-state index contributed by atoms with van der Waals surface area (Å²) in [5, 5.41) is 6.44. The van der Waals surface area contributed by atoms with Crippen molar-refractivity contribution in [2.75, 3.05) is 5.75 Å². The molecule has 0 radical (unpaired) electrons. The van der Waals surface area contributed by atoms with E-state index in [9.17, 15) is 9.59 Å². The molecule has 0 bridgehead atoms. The van der Waals surface area contributed by atoms with Crippen LogP contribution in [-0.2, 0) is 11.8 Å². The Bertz CT molecular complexity index is 1260. The van der Waals surface area contributed by atoms with E-state index in [1.54, 1.807) is 13.1 Å². The van der Waals surface area contributed by atoms with Gasteiger partial charge in [-0.1, -0.05) is 66.4 Å². The molecule has 0 saturated carbocycles. The Balaban J connectivity index is 1.48. The largest absolute Gasteiger partial charge is 0.349 e. The van der Waals surface area contributed by atoms with E-state index in [4.69, 9.17) is 0 Å². The maximum atomic E-state index is 12.5. The molecule has 0 aliphatic heterocycles. The second-order valence-electron chi connectivity index (χ2n) is 6.92. The number of benzene rings is 3. The van der Waals surface area contributed by atoms with Crippen molar-refractivity contribution in [2.24, 2.45) is 7.05 Å². The first-order valence-corrected chi connectivity index (χ1v) is 10.4. The van der Waals surface area contributed by atoms with Gasteiger partial charge in [0.05, 0.1) is 22.7 Å². The van der Waals surface area contributed by atoms with Crippen molar-refractivity contribution in [3.05, 3.63) is 82.6 Å². The molecule has 29 heavy (non-hydrogen) atoms. The van der Waals surface area contributed by atoms with Crippen LogP contribution in [-0.4, -0.2) is 21.2 Å². The summed E-state index contributed by atoms with van der Waals surface area (Å²) in [6.45, 7) is 1.98. The fourth-order valence-electron chi connectivity index (χ4n) is 3.45. The lowest BCUT2D eigenvalue weighted by atomic mass is 10.00. The number of thioether (sulfide) groups is 1. The summed E-state index contributed by atoms with van der Waals surface area (Å²) in [5.41, 5.74) is 1.61. The molecule has 1 atom stereocenters. The number of para-hydroxylation sites is 1. The molecule has 146 valence electrons. The summed E-state index contributed by atoms with van der Waals surface area (Å²) in [6.07, 6.45) is 0. The van der Waals surface area contributed by atoms with Crippen molar-refractivity contribution in [1.82, 2.24) is 14.9 Å². The molecule has 1 unspecified atom stereocenters. The number of amides is 1. The van der Waals surface area contributed by atoms with Gasteiger partial charge in [-0.15, -0.1) is 0 Å². The zero-order valence-corrected chi connectivity index (χ0v) is 17.1. The molecule has 0 saturated heterocycles. The maximum Gasteiger partial charge on any atom is 0.261 e. The average Bonchev–Trinajstić information content (AvgIpc) is 2.74. The highest BCUT2D eigenvalue weighted by Gasteiger charge is 2.14. The number of hydrogen-bond acceptors (Lipinski definition) is 4. The molecule has 0 aliphatic rings. The third kappa shape index (κ3) is 3.89. The number of hydrogen-bond donors (Lipinski definition) is 1. The Hall–Kier alpha value is -3.12. The summed E-state index contributed by atoms with van der Waals surface area (Å²) in [7, 11) is 1.68. The zero-order valence-electron chi connectivity index (χ0n) is 16.3. The van der Waals surface area contributed by atoms with Crippen molar-refractivity contribution in [2.45, 2.75) is 18.1 Å². The molecule has 1 amide bonds. The first-order valence-electron chi connectivity index (χ1n) is 9.40. The van der Waals surface area contributed by atoms with Gasteiger partial charge in [-0.05, 0) is 35.4 Å².